The number of nitrogens with zero attached hydrogens (tertiary/aromatic N) is 2. The Kier molecular flexibility index (Phi) is 3.62. The zero-order chi connectivity index (χ0) is 13.1. The molecule has 1 aliphatic heterocycles. The highest BCUT2D eigenvalue weighted by atomic mass is 16.5. The van der Waals surface area contributed by atoms with Gasteiger partial charge in [0, 0.05) is 18.4 Å². The zero-order valence-electron chi connectivity index (χ0n) is 10.8. The molecule has 4 heteroatoms. The molecular formula is C15H18N2O2. The van der Waals surface area contributed by atoms with E-state index in [2.05, 4.69) is 5.10 Å². The minimum absolute atomic E-state index is 0.0558. The van der Waals surface area contributed by atoms with Gasteiger partial charge in [-0.05, 0) is 37.0 Å². The summed E-state index contributed by atoms with van der Waals surface area (Å²) in [6, 6.07) is 9.82. The monoisotopic (exact) mass is 258 g/mol. The Bertz CT molecular complexity index is 545. The molecule has 1 atom stereocenters. The van der Waals surface area contributed by atoms with E-state index in [1.165, 1.54) is 6.42 Å². The largest absolute Gasteiger partial charge is 0.392 e. The van der Waals surface area contributed by atoms with Crippen molar-refractivity contribution in [2.24, 2.45) is 0 Å². The molecule has 1 aromatic carbocycles. The molecule has 1 saturated heterocycles. The Morgan fingerprint density at radius 3 is 3.05 bits per heavy atom. The standard InChI is InChI=1S/C15H18N2O2/c18-11-12-4-3-5-13(10-12)14-7-8-17(16-14)15-6-1-2-9-19-15/h3-5,7-8,10,15,18H,1-2,6,9,11H2. The van der Waals surface area contributed by atoms with Gasteiger partial charge >= 0.3 is 0 Å². The molecule has 0 spiro atoms. The van der Waals surface area contributed by atoms with Gasteiger partial charge < -0.3 is 9.84 Å². The summed E-state index contributed by atoms with van der Waals surface area (Å²) in [4.78, 5) is 0. The van der Waals surface area contributed by atoms with Gasteiger partial charge in [0.05, 0.1) is 12.3 Å². The van der Waals surface area contributed by atoms with Crippen LogP contribution < -0.4 is 0 Å². The van der Waals surface area contributed by atoms with Crippen molar-refractivity contribution in [1.29, 1.82) is 0 Å². The maximum atomic E-state index is 9.17. The number of ether oxygens (including phenoxy) is 1. The number of hydrogen-bond acceptors (Lipinski definition) is 3. The van der Waals surface area contributed by atoms with Crippen LogP contribution in [0.3, 0.4) is 0 Å². The Hall–Kier alpha value is -1.65. The maximum Gasteiger partial charge on any atom is 0.150 e. The first kappa shape index (κ1) is 12.4. The summed E-state index contributed by atoms with van der Waals surface area (Å²) >= 11 is 0. The lowest BCUT2D eigenvalue weighted by Gasteiger charge is -2.22. The van der Waals surface area contributed by atoms with Gasteiger partial charge in [0.2, 0.25) is 0 Å². The lowest BCUT2D eigenvalue weighted by Crippen LogP contribution is -2.18. The van der Waals surface area contributed by atoms with Crippen molar-refractivity contribution < 1.29 is 9.84 Å². The van der Waals surface area contributed by atoms with Gasteiger partial charge in [0.15, 0.2) is 0 Å². The summed E-state index contributed by atoms with van der Waals surface area (Å²) in [5, 5.41) is 13.8. The van der Waals surface area contributed by atoms with Crippen molar-refractivity contribution in [1.82, 2.24) is 9.78 Å². The van der Waals surface area contributed by atoms with Crippen LogP contribution in [0.25, 0.3) is 11.3 Å². The molecule has 2 heterocycles. The van der Waals surface area contributed by atoms with E-state index in [-0.39, 0.29) is 12.8 Å². The van der Waals surface area contributed by atoms with Crippen LogP contribution in [0.2, 0.25) is 0 Å². The van der Waals surface area contributed by atoms with E-state index in [4.69, 9.17) is 4.74 Å². The van der Waals surface area contributed by atoms with Crippen molar-refractivity contribution in [3.63, 3.8) is 0 Å². The number of rotatable bonds is 3. The van der Waals surface area contributed by atoms with Crippen LogP contribution in [-0.4, -0.2) is 21.5 Å². The van der Waals surface area contributed by atoms with E-state index in [0.717, 1.165) is 36.3 Å². The van der Waals surface area contributed by atoms with E-state index in [9.17, 15) is 5.11 Å². The first-order valence-electron chi connectivity index (χ1n) is 6.74. The first-order chi connectivity index (χ1) is 9.36. The van der Waals surface area contributed by atoms with E-state index in [0.29, 0.717) is 0 Å². The van der Waals surface area contributed by atoms with Crippen molar-refractivity contribution >= 4 is 0 Å². The van der Waals surface area contributed by atoms with Crippen molar-refractivity contribution in [3.8, 4) is 11.3 Å². The molecule has 4 nitrogen and oxygen atoms in total. The highest BCUT2D eigenvalue weighted by Crippen LogP contribution is 2.24. The van der Waals surface area contributed by atoms with Crippen molar-refractivity contribution in [2.75, 3.05) is 6.61 Å². The highest BCUT2D eigenvalue weighted by Gasteiger charge is 2.16. The zero-order valence-corrected chi connectivity index (χ0v) is 10.8. The van der Waals surface area contributed by atoms with Gasteiger partial charge in [-0.2, -0.15) is 5.10 Å². The van der Waals surface area contributed by atoms with Crippen LogP contribution >= 0.6 is 0 Å². The average Bonchev–Trinajstić information content (AvgIpc) is 2.98. The molecule has 0 bridgehead atoms. The smallest absolute Gasteiger partial charge is 0.150 e. The molecule has 0 radical (unpaired) electrons. The molecule has 1 aromatic heterocycles. The fourth-order valence-electron chi connectivity index (χ4n) is 2.41. The predicted octanol–water partition coefficient (Wildman–Crippen LogP) is 2.74. The molecule has 0 saturated carbocycles. The highest BCUT2D eigenvalue weighted by molar-refractivity contribution is 5.59. The fraction of sp³-hybridized carbons (Fsp3) is 0.400. The summed E-state index contributed by atoms with van der Waals surface area (Å²) in [6.45, 7) is 0.875. The topological polar surface area (TPSA) is 47.3 Å². The van der Waals surface area contributed by atoms with Crippen molar-refractivity contribution in [2.45, 2.75) is 32.1 Å². The van der Waals surface area contributed by atoms with Gasteiger partial charge in [-0.3, -0.25) is 0 Å². The van der Waals surface area contributed by atoms with Crippen molar-refractivity contribution in [3.05, 3.63) is 42.1 Å². The van der Waals surface area contributed by atoms with Gasteiger partial charge in [0.25, 0.3) is 0 Å². The third kappa shape index (κ3) is 2.69. The summed E-state index contributed by atoms with van der Waals surface area (Å²) in [5.41, 5.74) is 2.85. The molecule has 1 N–H and O–H groups in total. The Balaban J connectivity index is 1.83. The molecule has 19 heavy (non-hydrogen) atoms. The minimum Gasteiger partial charge on any atom is -0.392 e. The Morgan fingerprint density at radius 2 is 2.26 bits per heavy atom. The van der Waals surface area contributed by atoms with E-state index in [1.54, 1.807) is 0 Å². The molecule has 3 rings (SSSR count). The number of benzene rings is 1. The summed E-state index contributed by atoms with van der Waals surface area (Å²) in [6.07, 6.45) is 5.40. The average molecular weight is 258 g/mol. The molecule has 100 valence electrons. The number of hydrogen-bond donors (Lipinski definition) is 1. The number of aliphatic hydroxyl groups is 1. The summed E-state index contributed by atoms with van der Waals surface area (Å²) in [5.74, 6) is 0. The molecule has 0 aliphatic carbocycles. The van der Waals surface area contributed by atoms with Gasteiger partial charge in [0.1, 0.15) is 6.23 Å². The SMILES string of the molecule is OCc1cccc(-c2ccn(C3CCCCO3)n2)c1. The van der Waals surface area contributed by atoms with Crippen LogP contribution in [-0.2, 0) is 11.3 Å². The van der Waals surface area contributed by atoms with Gasteiger partial charge in [-0.1, -0.05) is 18.2 Å². The van der Waals surface area contributed by atoms with Crippen LogP contribution in [0.5, 0.6) is 0 Å². The predicted molar refractivity (Wildman–Crippen MR) is 72.4 cm³/mol. The second kappa shape index (κ2) is 5.55. The van der Waals surface area contributed by atoms with E-state index >= 15 is 0 Å². The Morgan fingerprint density at radius 1 is 1.32 bits per heavy atom. The molecule has 2 aromatic rings. The Labute approximate surface area is 112 Å². The minimum atomic E-state index is 0.0558. The number of aliphatic hydroxyl groups excluding tert-OH is 1. The van der Waals surface area contributed by atoms with Crippen LogP contribution in [0.15, 0.2) is 36.5 Å². The molecule has 1 fully saturated rings. The molecule has 1 unspecified atom stereocenters. The van der Waals surface area contributed by atoms with Gasteiger partial charge in [-0.15, -0.1) is 0 Å². The summed E-state index contributed by atoms with van der Waals surface area (Å²) < 4.78 is 7.62. The van der Waals surface area contributed by atoms with Crippen LogP contribution in [0.4, 0.5) is 0 Å². The van der Waals surface area contributed by atoms with Crippen LogP contribution in [0, 0.1) is 0 Å². The van der Waals surface area contributed by atoms with E-state index < -0.39 is 0 Å². The fourth-order valence-corrected chi connectivity index (χ4v) is 2.41. The number of aromatic nitrogens is 2. The van der Waals surface area contributed by atoms with Crippen LogP contribution in [0.1, 0.15) is 31.1 Å². The second-order valence-corrected chi connectivity index (χ2v) is 4.86. The molecular weight excluding hydrogens is 240 g/mol. The lowest BCUT2D eigenvalue weighted by molar-refractivity contribution is -0.0393. The van der Waals surface area contributed by atoms with Gasteiger partial charge in [-0.25, -0.2) is 4.68 Å². The third-order valence-electron chi connectivity index (χ3n) is 3.46. The normalized spacial score (nSPS) is 19.5. The summed E-state index contributed by atoms with van der Waals surface area (Å²) in [7, 11) is 0. The van der Waals surface area contributed by atoms with E-state index in [1.807, 2.05) is 41.2 Å². The molecule has 1 aliphatic rings. The third-order valence-corrected chi connectivity index (χ3v) is 3.46. The maximum absolute atomic E-state index is 9.17. The molecule has 0 amide bonds. The first-order valence-corrected chi connectivity index (χ1v) is 6.74. The quantitative estimate of drug-likeness (QED) is 0.920. The lowest BCUT2D eigenvalue weighted by atomic mass is 10.1. The second-order valence-electron chi connectivity index (χ2n) is 4.86.